The van der Waals surface area contributed by atoms with E-state index in [-0.39, 0.29) is 6.04 Å². The highest BCUT2D eigenvalue weighted by molar-refractivity contribution is 5.54. The molecule has 0 bridgehead atoms. The van der Waals surface area contributed by atoms with Crippen molar-refractivity contribution in [1.29, 1.82) is 0 Å². The largest absolute Gasteiger partial charge is 0.398 e. The summed E-state index contributed by atoms with van der Waals surface area (Å²) in [5.41, 5.74) is 16.0. The van der Waals surface area contributed by atoms with Crippen LogP contribution < -0.4 is 11.5 Å². The summed E-state index contributed by atoms with van der Waals surface area (Å²) in [5, 5.41) is 0. The highest BCUT2D eigenvalue weighted by Gasteiger charge is 2.07. The van der Waals surface area contributed by atoms with Crippen LogP contribution in [0.3, 0.4) is 0 Å². The number of hydrogen-bond acceptors (Lipinski definition) is 2. The lowest BCUT2D eigenvalue weighted by Crippen LogP contribution is -2.10. The van der Waals surface area contributed by atoms with E-state index in [1.165, 1.54) is 0 Å². The van der Waals surface area contributed by atoms with Crippen LogP contribution in [0, 0.1) is 13.8 Å². The minimum absolute atomic E-state index is 0.0329. The first-order valence-corrected chi connectivity index (χ1v) is 4.79. The van der Waals surface area contributed by atoms with E-state index in [1.807, 2.05) is 19.9 Å². The van der Waals surface area contributed by atoms with E-state index in [0.717, 1.165) is 28.8 Å². The predicted octanol–water partition coefficient (Wildman–Crippen LogP) is 2.46. The predicted molar refractivity (Wildman–Crippen MR) is 62.1 cm³/mol. The molecule has 0 radical (unpaired) electrons. The molecule has 0 saturated carbocycles. The molecular weight excluding hydrogens is 172 g/mol. The maximum absolute atomic E-state index is 5.98. The molecule has 14 heavy (non-hydrogen) atoms. The fraction of sp³-hybridized carbons (Fsp3) is 0.333. The fourth-order valence-corrected chi connectivity index (χ4v) is 1.54. The summed E-state index contributed by atoms with van der Waals surface area (Å²) in [4.78, 5) is 0. The minimum Gasteiger partial charge on any atom is -0.398 e. The van der Waals surface area contributed by atoms with Gasteiger partial charge in [0.1, 0.15) is 0 Å². The average molecular weight is 190 g/mol. The zero-order valence-corrected chi connectivity index (χ0v) is 8.88. The Labute approximate surface area is 85.6 Å². The number of benzene rings is 1. The van der Waals surface area contributed by atoms with Crippen LogP contribution in [0.25, 0.3) is 0 Å². The van der Waals surface area contributed by atoms with Gasteiger partial charge in [-0.25, -0.2) is 0 Å². The van der Waals surface area contributed by atoms with Crippen molar-refractivity contribution in [2.45, 2.75) is 26.3 Å². The molecule has 0 spiro atoms. The smallest absolute Gasteiger partial charge is 0.0373 e. The van der Waals surface area contributed by atoms with E-state index in [1.54, 1.807) is 0 Å². The Morgan fingerprint density at radius 2 is 1.86 bits per heavy atom. The number of hydrogen-bond donors (Lipinski definition) is 2. The van der Waals surface area contributed by atoms with Crippen molar-refractivity contribution < 1.29 is 0 Å². The second-order valence-corrected chi connectivity index (χ2v) is 3.70. The summed E-state index contributed by atoms with van der Waals surface area (Å²) >= 11 is 0. The highest BCUT2D eigenvalue weighted by Crippen LogP contribution is 2.23. The number of nitrogens with two attached hydrogens (primary N) is 2. The number of aryl methyl sites for hydroxylation is 2. The van der Waals surface area contributed by atoms with Crippen molar-refractivity contribution in [3.05, 3.63) is 41.5 Å². The van der Waals surface area contributed by atoms with Gasteiger partial charge < -0.3 is 11.5 Å². The first kappa shape index (κ1) is 10.8. The van der Waals surface area contributed by atoms with E-state index in [2.05, 4.69) is 18.7 Å². The zero-order chi connectivity index (χ0) is 10.7. The molecule has 1 unspecified atom stereocenters. The molecule has 1 atom stereocenters. The third-order valence-electron chi connectivity index (χ3n) is 2.46. The SMILES string of the molecule is C=CCC(N)c1cc(C)c(N)c(C)c1. The summed E-state index contributed by atoms with van der Waals surface area (Å²) in [6.07, 6.45) is 2.63. The standard InChI is InChI=1S/C12H18N2/c1-4-5-11(13)10-6-8(2)12(14)9(3)7-10/h4,6-7,11H,1,5,13-14H2,2-3H3. The maximum Gasteiger partial charge on any atom is 0.0373 e. The summed E-state index contributed by atoms with van der Waals surface area (Å²) in [6, 6.07) is 4.14. The average Bonchev–Trinajstić information content (AvgIpc) is 2.13. The molecule has 1 rings (SSSR count). The van der Waals surface area contributed by atoms with Gasteiger partial charge in [-0.15, -0.1) is 6.58 Å². The molecular formula is C12H18N2. The summed E-state index contributed by atoms with van der Waals surface area (Å²) in [6.45, 7) is 7.70. The van der Waals surface area contributed by atoms with Crippen LogP contribution in [-0.4, -0.2) is 0 Å². The third kappa shape index (κ3) is 2.15. The molecule has 0 aliphatic heterocycles. The van der Waals surface area contributed by atoms with Gasteiger partial charge in [-0.1, -0.05) is 18.2 Å². The van der Waals surface area contributed by atoms with Crippen molar-refractivity contribution in [3.8, 4) is 0 Å². The minimum atomic E-state index is 0.0329. The monoisotopic (exact) mass is 190 g/mol. The second kappa shape index (κ2) is 4.29. The molecule has 0 saturated heterocycles. The summed E-state index contributed by atoms with van der Waals surface area (Å²) in [5.74, 6) is 0. The van der Waals surface area contributed by atoms with Crippen LogP contribution in [0.1, 0.15) is 29.2 Å². The van der Waals surface area contributed by atoms with Gasteiger partial charge in [-0.3, -0.25) is 0 Å². The van der Waals surface area contributed by atoms with Crippen molar-refractivity contribution in [3.63, 3.8) is 0 Å². The molecule has 0 aliphatic carbocycles. The lowest BCUT2D eigenvalue weighted by Gasteiger charge is -2.13. The van der Waals surface area contributed by atoms with Gasteiger partial charge in [0.15, 0.2) is 0 Å². The van der Waals surface area contributed by atoms with Gasteiger partial charge in [0, 0.05) is 11.7 Å². The van der Waals surface area contributed by atoms with Crippen LogP contribution in [0.2, 0.25) is 0 Å². The van der Waals surface area contributed by atoms with Crippen molar-refractivity contribution >= 4 is 5.69 Å². The van der Waals surface area contributed by atoms with Crippen LogP contribution in [-0.2, 0) is 0 Å². The number of rotatable bonds is 3. The fourth-order valence-electron chi connectivity index (χ4n) is 1.54. The Balaban J connectivity index is 3.05. The van der Waals surface area contributed by atoms with Gasteiger partial charge in [-0.2, -0.15) is 0 Å². The van der Waals surface area contributed by atoms with Crippen LogP contribution >= 0.6 is 0 Å². The quantitative estimate of drug-likeness (QED) is 0.568. The molecule has 0 heterocycles. The molecule has 2 nitrogen and oxygen atoms in total. The van der Waals surface area contributed by atoms with Crippen molar-refractivity contribution in [2.24, 2.45) is 5.73 Å². The Morgan fingerprint density at radius 3 is 2.29 bits per heavy atom. The van der Waals surface area contributed by atoms with Crippen LogP contribution in [0.15, 0.2) is 24.8 Å². The maximum atomic E-state index is 5.98. The Kier molecular flexibility index (Phi) is 3.31. The molecule has 0 fully saturated rings. The first-order valence-electron chi connectivity index (χ1n) is 4.79. The highest BCUT2D eigenvalue weighted by atomic mass is 14.6. The molecule has 1 aromatic rings. The van der Waals surface area contributed by atoms with E-state index in [9.17, 15) is 0 Å². The van der Waals surface area contributed by atoms with Crippen molar-refractivity contribution in [1.82, 2.24) is 0 Å². The first-order chi connectivity index (χ1) is 6.56. The van der Waals surface area contributed by atoms with Crippen LogP contribution in [0.5, 0.6) is 0 Å². The molecule has 0 aliphatic rings. The van der Waals surface area contributed by atoms with E-state index >= 15 is 0 Å². The van der Waals surface area contributed by atoms with Gasteiger partial charge >= 0.3 is 0 Å². The van der Waals surface area contributed by atoms with Gasteiger partial charge in [0.05, 0.1) is 0 Å². The molecule has 4 N–H and O–H groups in total. The summed E-state index contributed by atoms with van der Waals surface area (Å²) in [7, 11) is 0. The zero-order valence-electron chi connectivity index (χ0n) is 8.88. The van der Waals surface area contributed by atoms with E-state index in [4.69, 9.17) is 11.5 Å². The summed E-state index contributed by atoms with van der Waals surface area (Å²) < 4.78 is 0. The third-order valence-corrected chi connectivity index (χ3v) is 2.46. The Morgan fingerprint density at radius 1 is 1.36 bits per heavy atom. The van der Waals surface area contributed by atoms with Crippen molar-refractivity contribution in [2.75, 3.05) is 5.73 Å². The molecule has 76 valence electrons. The van der Waals surface area contributed by atoms with E-state index in [0.29, 0.717) is 0 Å². The Hall–Kier alpha value is -1.28. The lowest BCUT2D eigenvalue weighted by atomic mass is 9.98. The van der Waals surface area contributed by atoms with Crippen LogP contribution in [0.4, 0.5) is 5.69 Å². The van der Waals surface area contributed by atoms with Gasteiger partial charge in [0.25, 0.3) is 0 Å². The van der Waals surface area contributed by atoms with Gasteiger partial charge in [-0.05, 0) is 37.0 Å². The Bertz CT molecular complexity index is 319. The van der Waals surface area contributed by atoms with Gasteiger partial charge in [0.2, 0.25) is 0 Å². The number of nitrogen functional groups attached to an aromatic ring is 1. The normalized spacial score (nSPS) is 12.5. The molecule has 0 amide bonds. The second-order valence-electron chi connectivity index (χ2n) is 3.70. The lowest BCUT2D eigenvalue weighted by molar-refractivity contribution is 0.740. The molecule has 2 heteroatoms. The van der Waals surface area contributed by atoms with E-state index < -0.39 is 0 Å². The molecule has 0 aromatic heterocycles. The molecule has 1 aromatic carbocycles. The topological polar surface area (TPSA) is 52.0 Å². The number of anilines is 1.